The summed E-state index contributed by atoms with van der Waals surface area (Å²) in [6, 6.07) is -0.115. The van der Waals surface area contributed by atoms with E-state index in [2.05, 4.69) is 22.0 Å². The van der Waals surface area contributed by atoms with Crippen molar-refractivity contribution in [2.24, 2.45) is 5.73 Å². The molecule has 1 atom stereocenters. The van der Waals surface area contributed by atoms with E-state index in [1.807, 2.05) is 14.1 Å². The molecule has 0 unspecified atom stereocenters. The molecule has 15 heavy (non-hydrogen) atoms. The van der Waals surface area contributed by atoms with Crippen LogP contribution in [-0.4, -0.2) is 35.7 Å². The Hall–Kier alpha value is -0.940. The van der Waals surface area contributed by atoms with Crippen molar-refractivity contribution >= 4 is 0 Å². The molecule has 0 saturated heterocycles. The fourth-order valence-electron chi connectivity index (χ4n) is 1.28. The van der Waals surface area contributed by atoms with Crippen LogP contribution in [0.1, 0.15) is 37.5 Å². The van der Waals surface area contributed by atoms with E-state index < -0.39 is 0 Å². The van der Waals surface area contributed by atoms with Gasteiger partial charge in [0.05, 0.1) is 6.04 Å². The lowest BCUT2D eigenvalue weighted by Gasteiger charge is -2.05. The van der Waals surface area contributed by atoms with Crippen LogP contribution in [0.3, 0.4) is 0 Å². The van der Waals surface area contributed by atoms with Crippen LogP contribution in [0, 0.1) is 0 Å². The van der Waals surface area contributed by atoms with Gasteiger partial charge in [-0.2, -0.15) is 4.98 Å². The van der Waals surface area contributed by atoms with Crippen molar-refractivity contribution < 1.29 is 4.52 Å². The molecule has 1 heterocycles. The first-order chi connectivity index (χ1) is 7.13. The Morgan fingerprint density at radius 1 is 1.47 bits per heavy atom. The van der Waals surface area contributed by atoms with E-state index >= 15 is 0 Å². The Bertz CT molecular complexity index is 285. The van der Waals surface area contributed by atoms with E-state index in [4.69, 9.17) is 10.3 Å². The minimum atomic E-state index is -0.115. The number of hydrogen-bond donors (Lipinski definition) is 1. The van der Waals surface area contributed by atoms with Gasteiger partial charge in [0, 0.05) is 13.0 Å². The van der Waals surface area contributed by atoms with Gasteiger partial charge in [0.2, 0.25) is 5.89 Å². The zero-order valence-corrected chi connectivity index (χ0v) is 9.73. The van der Waals surface area contributed by atoms with Crippen LogP contribution in [0.5, 0.6) is 0 Å². The van der Waals surface area contributed by atoms with Crippen LogP contribution in [0.4, 0.5) is 0 Å². The molecule has 1 rings (SSSR count). The highest BCUT2D eigenvalue weighted by Crippen LogP contribution is 2.13. The average Bonchev–Trinajstić information content (AvgIpc) is 2.63. The van der Waals surface area contributed by atoms with E-state index in [1.54, 1.807) is 0 Å². The second kappa shape index (κ2) is 5.82. The first kappa shape index (κ1) is 12.1. The molecule has 2 N–H and O–H groups in total. The Morgan fingerprint density at radius 3 is 2.80 bits per heavy atom. The molecule has 0 bridgehead atoms. The highest BCUT2D eigenvalue weighted by Gasteiger charge is 2.13. The number of nitrogens with two attached hydrogens (primary N) is 1. The molecule has 0 aliphatic rings. The van der Waals surface area contributed by atoms with E-state index in [0.717, 1.165) is 31.6 Å². The third-order valence-electron chi connectivity index (χ3n) is 2.18. The number of likely N-dealkylation sites (N-methyl/N-ethyl adjacent to an activating group) is 1. The first-order valence-corrected chi connectivity index (χ1v) is 5.36. The van der Waals surface area contributed by atoms with Crippen LogP contribution >= 0.6 is 0 Å². The Morgan fingerprint density at radius 2 is 2.20 bits per heavy atom. The maximum absolute atomic E-state index is 5.87. The molecule has 0 amide bonds. The molecular formula is C10H20N4O. The Labute approximate surface area is 90.6 Å². The third kappa shape index (κ3) is 3.97. The SMILES string of the molecule is CCC[C@@H](N)c1nc(CCN(C)C)no1. The van der Waals surface area contributed by atoms with Gasteiger partial charge in [-0.15, -0.1) is 0 Å². The quantitative estimate of drug-likeness (QED) is 0.761. The lowest BCUT2D eigenvalue weighted by atomic mass is 10.2. The van der Waals surface area contributed by atoms with Gasteiger partial charge < -0.3 is 15.2 Å². The molecule has 5 nitrogen and oxygen atoms in total. The van der Waals surface area contributed by atoms with Crippen molar-refractivity contribution in [2.75, 3.05) is 20.6 Å². The molecule has 0 aliphatic carbocycles. The van der Waals surface area contributed by atoms with Crippen molar-refractivity contribution in [3.8, 4) is 0 Å². The van der Waals surface area contributed by atoms with Gasteiger partial charge in [-0.05, 0) is 20.5 Å². The summed E-state index contributed by atoms with van der Waals surface area (Å²) in [7, 11) is 4.04. The van der Waals surface area contributed by atoms with Crippen LogP contribution in [0.15, 0.2) is 4.52 Å². The van der Waals surface area contributed by atoms with Crippen LogP contribution in [0.25, 0.3) is 0 Å². The topological polar surface area (TPSA) is 68.2 Å². The summed E-state index contributed by atoms with van der Waals surface area (Å²) in [5.74, 6) is 1.30. The van der Waals surface area contributed by atoms with Gasteiger partial charge in [-0.3, -0.25) is 0 Å². The maximum Gasteiger partial charge on any atom is 0.243 e. The van der Waals surface area contributed by atoms with Crippen molar-refractivity contribution in [2.45, 2.75) is 32.2 Å². The number of aromatic nitrogens is 2. The van der Waals surface area contributed by atoms with Crippen molar-refractivity contribution in [3.05, 3.63) is 11.7 Å². The van der Waals surface area contributed by atoms with Crippen molar-refractivity contribution in [1.82, 2.24) is 15.0 Å². The van der Waals surface area contributed by atoms with Gasteiger partial charge >= 0.3 is 0 Å². The molecule has 0 fully saturated rings. The first-order valence-electron chi connectivity index (χ1n) is 5.36. The normalized spacial score (nSPS) is 13.4. The van der Waals surface area contributed by atoms with Crippen molar-refractivity contribution in [3.63, 3.8) is 0 Å². The average molecular weight is 212 g/mol. The van der Waals surface area contributed by atoms with E-state index in [1.165, 1.54) is 0 Å². The van der Waals surface area contributed by atoms with Gasteiger partial charge in [0.25, 0.3) is 0 Å². The van der Waals surface area contributed by atoms with Gasteiger partial charge in [0.1, 0.15) is 0 Å². The standard InChI is InChI=1S/C10H20N4O/c1-4-5-8(11)10-12-9(13-15-10)6-7-14(2)3/h8H,4-7,11H2,1-3H3/t8-/m1/s1. The summed E-state index contributed by atoms with van der Waals surface area (Å²) in [5.41, 5.74) is 5.87. The Balaban J connectivity index is 2.48. The maximum atomic E-state index is 5.87. The highest BCUT2D eigenvalue weighted by molar-refractivity contribution is 4.92. The smallest absolute Gasteiger partial charge is 0.243 e. The predicted molar refractivity (Wildman–Crippen MR) is 58.4 cm³/mol. The molecule has 1 aromatic heterocycles. The molecule has 0 aromatic carbocycles. The molecule has 0 saturated carbocycles. The lowest BCUT2D eigenvalue weighted by Crippen LogP contribution is -2.16. The second-order valence-corrected chi connectivity index (χ2v) is 4.00. The molecule has 0 aliphatic heterocycles. The predicted octanol–water partition coefficient (Wildman–Crippen LogP) is 0.974. The summed E-state index contributed by atoms with van der Waals surface area (Å²) in [6.07, 6.45) is 2.71. The number of rotatable bonds is 6. The van der Waals surface area contributed by atoms with Gasteiger partial charge in [-0.1, -0.05) is 18.5 Å². The minimum absolute atomic E-state index is 0.115. The number of hydrogen-bond acceptors (Lipinski definition) is 5. The summed E-state index contributed by atoms with van der Waals surface area (Å²) in [6.45, 7) is 3.01. The van der Waals surface area contributed by atoms with Gasteiger partial charge in [0.15, 0.2) is 5.82 Å². The van der Waals surface area contributed by atoms with Gasteiger partial charge in [-0.25, -0.2) is 0 Å². The highest BCUT2D eigenvalue weighted by atomic mass is 16.5. The molecule has 5 heteroatoms. The zero-order valence-electron chi connectivity index (χ0n) is 9.73. The zero-order chi connectivity index (χ0) is 11.3. The minimum Gasteiger partial charge on any atom is -0.338 e. The fourth-order valence-corrected chi connectivity index (χ4v) is 1.28. The molecule has 86 valence electrons. The van der Waals surface area contributed by atoms with Crippen LogP contribution in [-0.2, 0) is 6.42 Å². The second-order valence-electron chi connectivity index (χ2n) is 4.00. The molecule has 0 radical (unpaired) electrons. The molecule has 0 spiro atoms. The summed E-state index contributed by atoms with van der Waals surface area (Å²) in [4.78, 5) is 6.36. The summed E-state index contributed by atoms with van der Waals surface area (Å²) >= 11 is 0. The fraction of sp³-hybridized carbons (Fsp3) is 0.800. The number of nitrogens with zero attached hydrogens (tertiary/aromatic N) is 3. The van der Waals surface area contributed by atoms with E-state index in [9.17, 15) is 0 Å². The van der Waals surface area contributed by atoms with E-state index in [0.29, 0.717) is 5.89 Å². The summed E-state index contributed by atoms with van der Waals surface area (Å²) < 4.78 is 5.11. The van der Waals surface area contributed by atoms with Crippen LogP contribution in [0.2, 0.25) is 0 Å². The monoisotopic (exact) mass is 212 g/mol. The third-order valence-corrected chi connectivity index (χ3v) is 2.18. The summed E-state index contributed by atoms with van der Waals surface area (Å²) in [5, 5.41) is 3.90. The molecule has 1 aromatic rings. The lowest BCUT2D eigenvalue weighted by molar-refractivity contribution is 0.341. The van der Waals surface area contributed by atoms with Crippen LogP contribution < -0.4 is 5.73 Å². The Kier molecular flexibility index (Phi) is 4.71. The van der Waals surface area contributed by atoms with E-state index in [-0.39, 0.29) is 6.04 Å². The van der Waals surface area contributed by atoms with Crippen molar-refractivity contribution in [1.29, 1.82) is 0 Å². The molecular weight excluding hydrogens is 192 g/mol. The largest absolute Gasteiger partial charge is 0.338 e.